The predicted octanol–water partition coefficient (Wildman–Crippen LogP) is 1.59. The van der Waals surface area contributed by atoms with Gasteiger partial charge in [-0.25, -0.2) is 0 Å². The van der Waals surface area contributed by atoms with E-state index in [4.69, 9.17) is 5.11 Å². The fraction of sp³-hybridized carbons (Fsp3) is 0.455. The molecule has 2 heterocycles. The molecule has 102 valence electrons. The Kier molecular flexibility index (Phi) is 3.79. The van der Waals surface area contributed by atoms with Crippen molar-refractivity contribution in [1.29, 1.82) is 0 Å². The van der Waals surface area contributed by atoms with E-state index < -0.39 is 16.8 Å². The molecule has 0 aliphatic carbocycles. The lowest BCUT2D eigenvalue weighted by atomic mass is 9.98. The summed E-state index contributed by atoms with van der Waals surface area (Å²) in [4.78, 5) is 34.8. The zero-order valence-electron chi connectivity index (χ0n) is 9.94. The lowest BCUT2D eigenvalue weighted by molar-refractivity contribution is -0.380. The van der Waals surface area contributed by atoms with Crippen molar-refractivity contribution in [2.45, 2.75) is 12.8 Å². The fourth-order valence-electron chi connectivity index (χ4n) is 2.06. The molecule has 0 radical (unpaired) electrons. The van der Waals surface area contributed by atoms with Crippen molar-refractivity contribution in [2.75, 3.05) is 13.1 Å². The molecular weight excluding hydrogens is 272 g/mol. The third kappa shape index (κ3) is 2.90. The van der Waals surface area contributed by atoms with E-state index in [-0.39, 0.29) is 22.3 Å². The Morgan fingerprint density at radius 1 is 1.47 bits per heavy atom. The zero-order valence-corrected chi connectivity index (χ0v) is 10.8. The van der Waals surface area contributed by atoms with Gasteiger partial charge in [-0.1, -0.05) is 11.3 Å². The smallest absolute Gasteiger partial charge is 0.324 e. The molecule has 1 N–H and O–H groups in total. The van der Waals surface area contributed by atoms with E-state index in [1.54, 1.807) is 0 Å². The Morgan fingerprint density at radius 2 is 2.21 bits per heavy atom. The van der Waals surface area contributed by atoms with Crippen LogP contribution in [0.3, 0.4) is 0 Å². The number of nitrogens with zero attached hydrogens (tertiary/aromatic N) is 2. The predicted molar refractivity (Wildman–Crippen MR) is 67.2 cm³/mol. The van der Waals surface area contributed by atoms with Crippen LogP contribution in [0.15, 0.2) is 12.1 Å². The van der Waals surface area contributed by atoms with E-state index >= 15 is 0 Å². The van der Waals surface area contributed by atoms with Gasteiger partial charge in [0, 0.05) is 19.2 Å². The lowest BCUT2D eigenvalue weighted by Crippen LogP contribution is -2.42. The van der Waals surface area contributed by atoms with Crippen molar-refractivity contribution in [3.05, 3.63) is 27.1 Å². The van der Waals surface area contributed by atoms with Gasteiger partial charge in [0.15, 0.2) is 0 Å². The van der Waals surface area contributed by atoms with Gasteiger partial charge in [-0.2, -0.15) is 0 Å². The van der Waals surface area contributed by atoms with Crippen LogP contribution in [-0.4, -0.2) is 39.9 Å². The van der Waals surface area contributed by atoms with Gasteiger partial charge in [0.2, 0.25) is 0 Å². The maximum absolute atomic E-state index is 12.1. The standard InChI is InChI=1S/C11H12N2O5S/c14-10(8-3-4-9(19-8)13(17)18)12-5-1-2-7(6-12)11(15)16/h3-4,7H,1-2,5-6H2,(H,15,16)/t7-/m1/s1. The van der Waals surface area contributed by atoms with Crippen LogP contribution >= 0.6 is 11.3 Å². The number of piperidine rings is 1. The summed E-state index contributed by atoms with van der Waals surface area (Å²) < 4.78 is 0. The van der Waals surface area contributed by atoms with Gasteiger partial charge in [-0.05, 0) is 18.9 Å². The molecule has 8 heteroatoms. The molecule has 1 aromatic rings. The van der Waals surface area contributed by atoms with Crippen molar-refractivity contribution in [3.8, 4) is 0 Å². The molecule has 0 spiro atoms. The molecule has 1 saturated heterocycles. The van der Waals surface area contributed by atoms with Crippen LogP contribution in [0.2, 0.25) is 0 Å². The number of aliphatic carboxylic acids is 1. The minimum atomic E-state index is -0.908. The topological polar surface area (TPSA) is 101 Å². The Labute approximate surface area is 112 Å². The number of nitro groups is 1. The maximum Gasteiger partial charge on any atom is 0.324 e. The molecule has 1 aromatic heterocycles. The van der Waals surface area contributed by atoms with Gasteiger partial charge < -0.3 is 10.0 Å². The van der Waals surface area contributed by atoms with Crippen molar-refractivity contribution in [1.82, 2.24) is 4.90 Å². The van der Waals surface area contributed by atoms with Crippen LogP contribution in [0.5, 0.6) is 0 Å². The molecule has 1 atom stereocenters. The molecule has 0 bridgehead atoms. The largest absolute Gasteiger partial charge is 0.481 e. The summed E-state index contributed by atoms with van der Waals surface area (Å²) in [5, 5.41) is 19.4. The third-order valence-corrected chi connectivity index (χ3v) is 4.07. The van der Waals surface area contributed by atoms with E-state index in [0.717, 1.165) is 11.3 Å². The molecule has 1 fully saturated rings. The number of thiophene rings is 1. The molecule has 0 aromatic carbocycles. The van der Waals surface area contributed by atoms with Gasteiger partial charge in [0.25, 0.3) is 5.91 Å². The number of carboxylic acids is 1. The van der Waals surface area contributed by atoms with Gasteiger partial charge in [0.1, 0.15) is 0 Å². The second-order valence-corrected chi connectivity index (χ2v) is 5.39. The molecule has 2 rings (SSSR count). The SMILES string of the molecule is O=C(O)[C@@H]1CCCN(C(=O)c2ccc([N+](=O)[O-])s2)C1. The van der Waals surface area contributed by atoms with Crippen LogP contribution < -0.4 is 0 Å². The number of rotatable bonds is 3. The van der Waals surface area contributed by atoms with E-state index in [1.807, 2.05) is 0 Å². The van der Waals surface area contributed by atoms with Crippen LogP contribution in [-0.2, 0) is 4.79 Å². The summed E-state index contributed by atoms with van der Waals surface area (Å²) in [6, 6.07) is 2.70. The highest BCUT2D eigenvalue weighted by atomic mass is 32.1. The summed E-state index contributed by atoms with van der Waals surface area (Å²) in [6.45, 7) is 0.661. The summed E-state index contributed by atoms with van der Waals surface area (Å²) in [7, 11) is 0. The molecule has 19 heavy (non-hydrogen) atoms. The Balaban J connectivity index is 2.10. The number of carbonyl (C=O) groups excluding carboxylic acids is 1. The van der Waals surface area contributed by atoms with E-state index in [1.165, 1.54) is 17.0 Å². The summed E-state index contributed by atoms with van der Waals surface area (Å²) >= 11 is 0.815. The van der Waals surface area contributed by atoms with E-state index in [0.29, 0.717) is 19.4 Å². The molecule has 0 saturated carbocycles. The number of carbonyl (C=O) groups is 2. The number of hydrogen-bond donors (Lipinski definition) is 1. The lowest BCUT2D eigenvalue weighted by Gasteiger charge is -2.30. The highest BCUT2D eigenvalue weighted by Gasteiger charge is 2.29. The van der Waals surface area contributed by atoms with E-state index in [9.17, 15) is 19.7 Å². The third-order valence-electron chi connectivity index (χ3n) is 3.04. The highest BCUT2D eigenvalue weighted by Crippen LogP contribution is 2.26. The van der Waals surface area contributed by atoms with Crippen molar-refractivity contribution < 1.29 is 19.6 Å². The summed E-state index contributed by atoms with van der Waals surface area (Å²) in [5.74, 6) is -1.79. The van der Waals surface area contributed by atoms with E-state index in [2.05, 4.69) is 0 Å². The van der Waals surface area contributed by atoms with Crippen molar-refractivity contribution in [3.63, 3.8) is 0 Å². The molecule has 1 aliphatic heterocycles. The summed E-state index contributed by atoms with van der Waals surface area (Å²) in [6.07, 6.45) is 1.19. The summed E-state index contributed by atoms with van der Waals surface area (Å²) in [5.41, 5.74) is 0. The van der Waals surface area contributed by atoms with Crippen LogP contribution in [0, 0.1) is 16.0 Å². The Bertz CT molecular complexity index is 527. The molecular formula is C11H12N2O5S. The first-order valence-corrected chi connectivity index (χ1v) is 6.57. The first-order chi connectivity index (χ1) is 8.99. The van der Waals surface area contributed by atoms with Gasteiger partial charge >= 0.3 is 11.0 Å². The normalized spacial score (nSPS) is 19.2. The van der Waals surface area contributed by atoms with Gasteiger partial charge in [0.05, 0.1) is 15.7 Å². The number of hydrogen-bond acceptors (Lipinski definition) is 5. The fourth-order valence-corrected chi connectivity index (χ4v) is 2.85. The number of carboxylic acid groups (broad SMARTS) is 1. The monoisotopic (exact) mass is 284 g/mol. The van der Waals surface area contributed by atoms with Crippen molar-refractivity contribution in [2.24, 2.45) is 5.92 Å². The molecule has 1 amide bonds. The minimum Gasteiger partial charge on any atom is -0.481 e. The molecule has 7 nitrogen and oxygen atoms in total. The van der Waals surface area contributed by atoms with Crippen LogP contribution in [0.1, 0.15) is 22.5 Å². The quantitative estimate of drug-likeness (QED) is 0.671. The Hall–Kier alpha value is -1.96. The average Bonchev–Trinajstić information content (AvgIpc) is 2.87. The van der Waals surface area contributed by atoms with Gasteiger partial charge in [-0.15, -0.1) is 0 Å². The second kappa shape index (κ2) is 5.35. The number of likely N-dealkylation sites (tertiary alicyclic amines) is 1. The second-order valence-electron chi connectivity index (χ2n) is 4.32. The van der Waals surface area contributed by atoms with Crippen LogP contribution in [0.25, 0.3) is 0 Å². The average molecular weight is 284 g/mol. The van der Waals surface area contributed by atoms with Gasteiger partial charge in [-0.3, -0.25) is 19.7 Å². The first-order valence-electron chi connectivity index (χ1n) is 5.75. The minimum absolute atomic E-state index is 0.0878. The highest BCUT2D eigenvalue weighted by molar-refractivity contribution is 7.17. The number of amides is 1. The zero-order chi connectivity index (χ0) is 14.0. The van der Waals surface area contributed by atoms with Crippen LogP contribution in [0.4, 0.5) is 5.00 Å². The first kappa shape index (κ1) is 13.5. The Morgan fingerprint density at radius 3 is 2.79 bits per heavy atom. The molecule has 0 unspecified atom stereocenters. The van der Waals surface area contributed by atoms with Crippen molar-refractivity contribution >= 4 is 28.2 Å². The maximum atomic E-state index is 12.1. The molecule has 1 aliphatic rings.